The van der Waals surface area contributed by atoms with E-state index in [4.69, 9.17) is 24.7 Å². The number of anilines is 4. The minimum Gasteiger partial charge on any atom is -0.508 e. The molecular formula is C57H44N7OPt-3. The number of aryl methyl sites for hydroxylation is 2. The number of aromatic nitrogens is 5. The number of pyridine rings is 1. The van der Waals surface area contributed by atoms with Crippen molar-refractivity contribution in [1.29, 1.82) is 0 Å². The number of fused-ring (bicyclic) bond motifs is 4. The summed E-state index contributed by atoms with van der Waals surface area (Å²) in [5.41, 5.74) is 11.9. The Kier molecular flexibility index (Phi) is 11.1. The summed E-state index contributed by atoms with van der Waals surface area (Å²) >= 11 is 0. The molecule has 326 valence electrons. The molecule has 0 amide bonds. The second-order valence-corrected chi connectivity index (χ2v) is 17.5. The molecule has 8 nitrogen and oxygen atoms in total. The first-order valence-electron chi connectivity index (χ1n) is 21.8. The number of hydrogen-bond acceptors (Lipinski definition) is 7. The standard InChI is InChI=1S/C57H44N7O.Pt/c1-37-20-24-39(25-21-37)54-59-55(40-26-22-38(2)23-27-40)61-56(60-54)47-34-46-45-15-6-7-16-48(45)64(53-19-10-11-32-58-53)51(46)35-52(47)65-44-14-12-13-43(33-44)63-36-62(49-17-8-9-18-50(49)63)42-30-28-41(29-31-42)57(3,4)5;/h6-32,34,36H,1-5H3;/q-3;. The van der Waals surface area contributed by atoms with E-state index in [-0.39, 0.29) is 26.5 Å². The zero-order chi connectivity index (χ0) is 44.2. The zero-order valence-corrected chi connectivity index (χ0v) is 39.4. The van der Waals surface area contributed by atoms with E-state index in [1.807, 2.05) is 48.7 Å². The van der Waals surface area contributed by atoms with Gasteiger partial charge in [0.05, 0.1) is 0 Å². The molecule has 0 saturated carbocycles. The van der Waals surface area contributed by atoms with E-state index in [1.54, 1.807) is 0 Å². The van der Waals surface area contributed by atoms with Crippen LogP contribution in [0.4, 0.5) is 22.7 Å². The molecule has 0 atom stereocenters. The van der Waals surface area contributed by atoms with Gasteiger partial charge in [0.15, 0.2) is 11.6 Å². The zero-order valence-electron chi connectivity index (χ0n) is 37.1. The summed E-state index contributed by atoms with van der Waals surface area (Å²) in [6, 6.07) is 63.4. The molecule has 1 aliphatic heterocycles. The summed E-state index contributed by atoms with van der Waals surface area (Å²) in [4.78, 5) is 24.6. The van der Waals surface area contributed by atoms with Gasteiger partial charge in [0.25, 0.3) is 0 Å². The molecule has 0 aliphatic carbocycles. The number of benzene rings is 7. The van der Waals surface area contributed by atoms with E-state index < -0.39 is 0 Å². The molecule has 11 rings (SSSR count). The van der Waals surface area contributed by atoms with Crippen molar-refractivity contribution < 1.29 is 25.8 Å². The minimum absolute atomic E-state index is 0. The van der Waals surface area contributed by atoms with E-state index >= 15 is 0 Å². The Bertz CT molecular complexity index is 3320. The number of nitrogens with zero attached hydrogens (tertiary/aromatic N) is 7. The first kappa shape index (κ1) is 42.5. The monoisotopic (exact) mass is 1040 g/mol. The van der Waals surface area contributed by atoms with Crippen LogP contribution in [-0.2, 0) is 26.5 Å². The smallest absolute Gasteiger partial charge is 0.162 e. The Hall–Kier alpha value is -7.41. The summed E-state index contributed by atoms with van der Waals surface area (Å²) in [5, 5.41) is 2.00. The van der Waals surface area contributed by atoms with Crippen LogP contribution in [0.25, 0.3) is 61.8 Å². The average Bonchev–Trinajstić information content (AvgIpc) is 3.88. The third-order valence-corrected chi connectivity index (χ3v) is 11.9. The van der Waals surface area contributed by atoms with E-state index in [9.17, 15) is 0 Å². The maximum Gasteiger partial charge on any atom is 0.162 e. The largest absolute Gasteiger partial charge is 0.508 e. The van der Waals surface area contributed by atoms with Crippen LogP contribution in [0.3, 0.4) is 0 Å². The van der Waals surface area contributed by atoms with E-state index in [1.165, 1.54) is 5.56 Å². The number of hydrogen-bond donors (Lipinski definition) is 0. The van der Waals surface area contributed by atoms with Crippen molar-refractivity contribution in [3.8, 4) is 51.5 Å². The van der Waals surface area contributed by atoms with Crippen molar-refractivity contribution in [2.45, 2.75) is 40.0 Å². The van der Waals surface area contributed by atoms with Gasteiger partial charge >= 0.3 is 0 Å². The summed E-state index contributed by atoms with van der Waals surface area (Å²) in [6.07, 6.45) is 1.81. The molecule has 0 bridgehead atoms. The van der Waals surface area contributed by atoms with Gasteiger partial charge in [-0.15, -0.1) is 48.1 Å². The molecule has 9 heteroatoms. The summed E-state index contributed by atoms with van der Waals surface area (Å²) in [7, 11) is 0. The van der Waals surface area contributed by atoms with Crippen molar-refractivity contribution in [2.75, 3.05) is 9.80 Å². The second kappa shape index (κ2) is 17.2. The summed E-state index contributed by atoms with van der Waals surface area (Å²) < 4.78 is 9.15. The van der Waals surface area contributed by atoms with Crippen molar-refractivity contribution in [2.24, 2.45) is 0 Å². The quantitative estimate of drug-likeness (QED) is 0.140. The Morgan fingerprint density at radius 3 is 1.85 bits per heavy atom. The molecule has 3 aromatic heterocycles. The molecule has 1 aliphatic rings. The van der Waals surface area contributed by atoms with Crippen molar-refractivity contribution >= 4 is 44.6 Å². The van der Waals surface area contributed by atoms with Gasteiger partial charge in [0.1, 0.15) is 11.6 Å². The second-order valence-electron chi connectivity index (χ2n) is 17.5. The Balaban J connectivity index is 0.00000511. The fraction of sp³-hybridized carbons (Fsp3) is 0.105. The van der Waals surface area contributed by atoms with Crippen LogP contribution in [0, 0.1) is 32.6 Å². The van der Waals surface area contributed by atoms with Crippen molar-refractivity contribution in [3.63, 3.8) is 0 Å². The van der Waals surface area contributed by atoms with Gasteiger partial charge in [-0.05, 0) is 78.2 Å². The molecule has 0 unspecified atom stereocenters. The molecule has 66 heavy (non-hydrogen) atoms. The molecule has 0 N–H and O–H groups in total. The number of para-hydroxylation sites is 3. The van der Waals surface area contributed by atoms with Crippen LogP contribution < -0.4 is 14.5 Å². The van der Waals surface area contributed by atoms with Gasteiger partial charge in [-0.25, -0.2) is 19.9 Å². The fourth-order valence-corrected chi connectivity index (χ4v) is 8.43. The van der Waals surface area contributed by atoms with Crippen LogP contribution in [0.5, 0.6) is 11.5 Å². The van der Waals surface area contributed by atoms with E-state index in [0.717, 1.165) is 72.6 Å². The van der Waals surface area contributed by atoms with E-state index in [2.05, 4.69) is 189 Å². The van der Waals surface area contributed by atoms with Crippen LogP contribution in [0.15, 0.2) is 170 Å². The minimum atomic E-state index is 0. The average molecular weight is 1040 g/mol. The van der Waals surface area contributed by atoms with Gasteiger partial charge in [-0.3, -0.25) is 0 Å². The fourth-order valence-electron chi connectivity index (χ4n) is 8.43. The molecule has 0 radical (unpaired) electrons. The van der Waals surface area contributed by atoms with Gasteiger partial charge in [0.2, 0.25) is 0 Å². The van der Waals surface area contributed by atoms with Crippen molar-refractivity contribution in [1.82, 2.24) is 24.5 Å². The SMILES string of the molecule is Cc1ccc(-c2nc(-c3ccc(C)cc3)nc(-c3cc4c5ccccc5n(-c5ccccn5)c4[c-]c3Oc3[c-]c(N4[CH-]N(c5ccc(C(C)(C)C)cc5)c5ccccc54)ccc3)n2)cc1.[Pt]. The van der Waals surface area contributed by atoms with Gasteiger partial charge in [0, 0.05) is 72.5 Å². The molecule has 4 heterocycles. The summed E-state index contributed by atoms with van der Waals surface area (Å²) in [6.45, 7) is 13.0. The van der Waals surface area contributed by atoms with Crippen LogP contribution in [0.2, 0.25) is 0 Å². The Morgan fingerprint density at radius 2 is 1.20 bits per heavy atom. The van der Waals surface area contributed by atoms with E-state index in [0.29, 0.717) is 34.5 Å². The predicted octanol–water partition coefficient (Wildman–Crippen LogP) is 14.1. The number of ether oxygens (including phenoxy) is 1. The summed E-state index contributed by atoms with van der Waals surface area (Å²) in [5.74, 6) is 3.29. The molecule has 10 aromatic rings. The molecule has 7 aromatic carbocycles. The molecule has 0 saturated heterocycles. The molecule has 0 spiro atoms. The topological polar surface area (TPSA) is 72.2 Å². The van der Waals surface area contributed by atoms with Crippen LogP contribution in [-0.4, -0.2) is 24.5 Å². The maximum absolute atomic E-state index is 7.03. The predicted molar refractivity (Wildman–Crippen MR) is 262 cm³/mol. The van der Waals surface area contributed by atoms with Crippen LogP contribution in [0.1, 0.15) is 37.5 Å². The van der Waals surface area contributed by atoms with Gasteiger partial charge in [-0.2, -0.15) is 6.07 Å². The normalized spacial score (nSPS) is 12.4. The molecular weight excluding hydrogens is 994 g/mol. The number of rotatable bonds is 8. The maximum atomic E-state index is 7.03. The Morgan fingerprint density at radius 1 is 0.576 bits per heavy atom. The first-order valence-corrected chi connectivity index (χ1v) is 21.8. The third-order valence-electron chi connectivity index (χ3n) is 11.9. The van der Waals surface area contributed by atoms with Gasteiger partial charge in [-0.1, -0.05) is 134 Å². The molecule has 0 fully saturated rings. The Labute approximate surface area is 399 Å². The first-order chi connectivity index (χ1) is 31.6. The van der Waals surface area contributed by atoms with Crippen molar-refractivity contribution in [3.05, 3.63) is 205 Å². The third kappa shape index (κ3) is 7.92. The van der Waals surface area contributed by atoms with Gasteiger partial charge < -0.3 is 19.1 Å². The van der Waals surface area contributed by atoms with Crippen LogP contribution >= 0.6 is 0 Å².